The van der Waals surface area contributed by atoms with E-state index in [2.05, 4.69) is 15.4 Å². The average Bonchev–Trinajstić information content (AvgIpc) is 2.56. The van der Waals surface area contributed by atoms with Crippen molar-refractivity contribution in [3.8, 4) is 5.75 Å². The van der Waals surface area contributed by atoms with Crippen LogP contribution in [0, 0.1) is 0 Å². The Bertz CT molecular complexity index is 857. The zero-order valence-corrected chi connectivity index (χ0v) is 15.3. The number of benzene rings is 2. The third-order valence-electron chi connectivity index (χ3n) is 3.06. The van der Waals surface area contributed by atoms with Gasteiger partial charge in [0.25, 0.3) is 10.0 Å². The number of para-hydroxylation sites is 2. The SMILES string of the molecule is CNC(=S)Nc1ccc(Cl)c(S(=O)(=O)Nc2ccccc2OC)c1. The van der Waals surface area contributed by atoms with E-state index in [-0.39, 0.29) is 9.92 Å². The number of halogens is 1. The van der Waals surface area contributed by atoms with E-state index in [9.17, 15) is 8.42 Å². The van der Waals surface area contributed by atoms with Crippen LogP contribution in [0.15, 0.2) is 47.4 Å². The Hall–Kier alpha value is -2.03. The highest BCUT2D eigenvalue weighted by atomic mass is 35.5. The minimum absolute atomic E-state index is 0.0704. The van der Waals surface area contributed by atoms with Crippen LogP contribution < -0.4 is 20.1 Å². The van der Waals surface area contributed by atoms with E-state index < -0.39 is 10.0 Å². The third-order valence-corrected chi connectivity index (χ3v) is 5.21. The second-order valence-electron chi connectivity index (χ2n) is 4.66. The average molecular weight is 386 g/mol. The minimum atomic E-state index is -3.91. The zero-order valence-electron chi connectivity index (χ0n) is 13.0. The summed E-state index contributed by atoms with van der Waals surface area (Å²) in [6.45, 7) is 0. The Morgan fingerprint density at radius 2 is 1.92 bits per heavy atom. The van der Waals surface area contributed by atoms with Gasteiger partial charge in [-0.3, -0.25) is 4.72 Å². The molecule has 0 spiro atoms. The number of rotatable bonds is 5. The molecule has 24 heavy (non-hydrogen) atoms. The molecule has 0 unspecified atom stereocenters. The summed E-state index contributed by atoms with van der Waals surface area (Å²) in [5.41, 5.74) is 0.819. The fourth-order valence-electron chi connectivity index (χ4n) is 1.91. The molecule has 0 bridgehead atoms. The first-order valence-electron chi connectivity index (χ1n) is 6.81. The van der Waals surface area contributed by atoms with Gasteiger partial charge in [-0.1, -0.05) is 23.7 Å². The lowest BCUT2D eigenvalue weighted by atomic mass is 10.3. The maximum absolute atomic E-state index is 12.7. The molecule has 0 fully saturated rings. The van der Waals surface area contributed by atoms with Gasteiger partial charge in [-0.25, -0.2) is 8.42 Å². The summed E-state index contributed by atoms with van der Waals surface area (Å²) in [6, 6.07) is 11.2. The largest absolute Gasteiger partial charge is 0.495 e. The highest BCUT2D eigenvalue weighted by molar-refractivity contribution is 7.92. The lowest BCUT2D eigenvalue weighted by Gasteiger charge is -2.14. The van der Waals surface area contributed by atoms with Gasteiger partial charge in [-0.05, 0) is 42.5 Å². The van der Waals surface area contributed by atoms with Crippen molar-refractivity contribution in [1.29, 1.82) is 0 Å². The molecule has 0 aliphatic heterocycles. The molecule has 0 atom stereocenters. The number of sulfonamides is 1. The van der Waals surface area contributed by atoms with Gasteiger partial charge < -0.3 is 15.4 Å². The van der Waals surface area contributed by atoms with Crippen molar-refractivity contribution in [3.05, 3.63) is 47.5 Å². The standard InChI is InChI=1S/C15H16ClN3O3S2/c1-17-15(23)18-10-7-8-11(16)14(9-10)24(20,21)19-12-5-3-4-6-13(12)22-2/h3-9,19H,1-2H3,(H2,17,18,23). The van der Waals surface area contributed by atoms with Crippen LogP contribution in [0.25, 0.3) is 0 Å². The number of anilines is 2. The van der Waals surface area contributed by atoms with Gasteiger partial charge in [0.05, 0.1) is 17.8 Å². The van der Waals surface area contributed by atoms with Crippen LogP contribution in [-0.2, 0) is 10.0 Å². The summed E-state index contributed by atoms with van der Waals surface area (Å²) in [4.78, 5) is -0.0704. The predicted molar refractivity (Wildman–Crippen MR) is 101 cm³/mol. The van der Waals surface area contributed by atoms with Gasteiger partial charge in [0.1, 0.15) is 10.6 Å². The minimum Gasteiger partial charge on any atom is -0.495 e. The van der Waals surface area contributed by atoms with Gasteiger partial charge >= 0.3 is 0 Å². The molecule has 128 valence electrons. The van der Waals surface area contributed by atoms with Gasteiger partial charge in [0.2, 0.25) is 0 Å². The molecule has 2 rings (SSSR count). The molecular formula is C15H16ClN3O3S2. The van der Waals surface area contributed by atoms with E-state index in [0.29, 0.717) is 22.2 Å². The van der Waals surface area contributed by atoms with Crippen LogP contribution in [0.1, 0.15) is 0 Å². The topological polar surface area (TPSA) is 79.5 Å². The Labute approximate surface area is 151 Å². The molecule has 2 aromatic carbocycles. The van der Waals surface area contributed by atoms with Crippen LogP contribution in [-0.4, -0.2) is 27.7 Å². The Morgan fingerprint density at radius 1 is 1.21 bits per heavy atom. The number of thiocarbonyl (C=S) groups is 1. The molecular weight excluding hydrogens is 370 g/mol. The molecule has 0 amide bonds. The van der Waals surface area contributed by atoms with E-state index >= 15 is 0 Å². The van der Waals surface area contributed by atoms with Crippen LogP contribution >= 0.6 is 23.8 Å². The molecule has 0 aliphatic carbocycles. The summed E-state index contributed by atoms with van der Waals surface area (Å²) in [5, 5.41) is 6.06. The molecule has 0 heterocycles. The van der Waals surface area contributed by atoms with E-state index in [1.54, 1.807) is 37.4 Å². The molecule has 9 heteroatoms. The van der Waals surface area contributed by atoms with Crippen molar-refractivity contribution in [3.63, 3.8) is 0 Å². The molecule has 0 aromatic heterocycles. The van der Waals surface area contributed by atoms with Crippen molar-refractivity contribution >= 4 is 50.3 Å². The first-order valence-corrected chi connectivity index (χ1v) is 9.08. The van der Waals surface area contributed by atoms with E-state index in [1.807, 2.05) is 0 Å². The molecule has 0 saturated carbocycles. The van der Waals surface area contributed by atoms with Gasteiger partial charge in [-0.2, -0.15) is 0 Å². The van der Waals surface area contributed by atoms with E-state index in [0.717, 1.165) is 0 Å². The van der Waals surface area contributed by atoms with E-state index in [4.69, 9.17) is 28.6 Å². The van der Waals surface area contributed by atoms with E-state index in [1.165, 1.54) is 19.2 Å². The van der Waals surface area contributed by atoms with Crippen molar-refractivity contribution in [2.24, 2.45) is 0 Å². The molecule has 2 aromatic rings. The quantitative estimate of drug-likeness (QED) is 0.686. The summed E-state index contributed by atoms with van der Waals surface area (Å²) in [5.74, 6) is 0.405. The van der Waals surface area contributed by atoms with Crippen LogP contribution in [0.5, 0.6) is 5.75 Å². The van der Waals surface area contributed by atoms with Crippen molar-refractivity contribution < 1.29 is 13.2 Å². The fourth-order valence-corrected chi connectivity index (χ4v) is 3.62. The highest BCUT2D eigenvalue weighted by Crippen LogP contribution is 2.30. The first-order chi connectivity index (χ1) is 11.4. The maximum atomic E-state index is 12.7. The Kier molecular flexibility index (Phi) is 5.87. The summed E-state index contributed by atoms with van der Waals surface area (Å²) >= 11 is 11.1. The third kappa shape index (κ3) is 4.28. The van der Waals surface area contributed by atoms with Gasteiger partial charge in [0.15, 0.2) is 5.11 Å². The molecule has 3 N–H and O–H groups in total. The maximum Gasteiger partial charge on any atom is 0.263 e. The molecule has 0 aliphatic rings. The first kappa shape index (κ1) is 18.3. The lowest BCUT2D eigenvalue weighted by molar-refractivity contribution is 0.417. The Balaban J connectivity index is 2.38. The number of ether oxygens (including phenoxy) is 1. The molecule has 6 nitrogen and oxygen atoms in total. The molecule has 0 radical (unpaired) electrons. The number of hydrogen-bond donors (Lipinski definition) is 3. The molecule has 0 saturated heterocycles. The predicted octanol–water partition coefficient (Wildman–Crippen LogP) is 3.07. The zero-order chi connectivity index (χ0) is 17.7. The Morgan fingerprint density at radius 3 is 2.58 bits per heavy atom. The summed E-state index contributed by atoms with van der Waals surface area (Å²) in [6.07, 6.45) is 0. The number of nitrogens with one attached hydrogen (secondary N) is 3. The lowest BCUT2D eigenvalue weighted by Crippen LogP contribution is -2.24. The summed E-state index contributed by atoms with van der Waals surface area (Å²) < 4.78 is 33.0. The van der Waals surface area contributed by atoms with Crippen molar-refractivity contribution in [1.82, 2.24) is 5.32 Å². The van der Waals surface area contributed by atoms with Crippen LogP contribution in [0.3, 0.4) is 0 Å². The van der Waals surface area contributed by atoms with Crippen molar-refractivity contribution in [2.75, 3.05) is 24.2 Å². The van der Waals surface area contributed by atoms with Crippen LogP contribution in [0.4, 0.5) is 11.4 Å². The van der Waals surface area contributed by atoms with Gasteiger partial charge in [-0.15, -0.1) is 0 Å². The normalized spacial score (nSPS) is 10.8. The summed E-state index contributed by atoms with van der Waals surface area (Å²) in [7, 11) is -0.787. The highest BCUT2D eigenvalue weighted by Gasteiger charge is 2.20. The van der Waals surface area contributed by atoms with Crippen LogP contribution in [0.2, 0.25) is 5.02 Å². The smallest absolute Gasteiger partial charge is 0.263 e. The second-order valence-corrected chi connectivity index (χ2v) is 7.12. The van der Waals surface area contributed by atoms with Gasteiger partial charge in [0, 0.05) is 12.7 Å². The van der Waals surface area contributed by atoms with Crippen molar-refractivity contribution in [2.45, 2.75) is 4.90 Å². The fraction of sp³-hybridized carbons (Fsp3) is 0.133. The second kappa shape index (κ2) is 7.69. The number of methoxy groups -OCH3 is 1. The number of hydrogen-bond acceptors (Lipinski definition) is 4. The monoisotopic (exact) mass is 385 g/mol.